The highest BCUT2D eigenvalue weighted by molar-refractivity contribution is 5.64. The molecule has 0 aliphatic carbocycles. The van der Waals surface area contributed by atoms with Crippen LogP contribution in [0.3, 0.4) is 0 Å². The van der Waals surface area contributed by atoms with Gasteiger partial charge in [-0.3, -0.25) is 0 Å². The van der Waals surface area contributed by atoms with Gasteiger partial charge in [-0.15, -0.1) is 0 Å². The minimum atomic E-state index is -0.970. The van der Waals surface area contributed by atoms with Crippen molar-refractivity contribution >= 4 is 6.09 Å². The Bertz CT molecular complexity index is 178. The molecule has 0 radical (unpaired) electrons. The van der Waals surface area contributed by atoms with Gasteiger partial charge in [0.05, 0.1) is 6.61 Å². The second-order valence-electron chi connectivity index (χ2n) is 3.52. The Labute approximate surface area is 77.5 Å². The number of rotatable bonds is 4. The smallest absolute Gasteiger partial charge is 0.404 e. The number of methoxy groups -OCH3 is 1. The minimum absolute atomic E-state index is 0.0485. The van der Waals surface area contributed by atoms with Gasteiger partial charge in [0.25, 0.3) is 0 Å². The Balaban J connectivity index is 2.41. The van der Waals surface area contributed by atoms with E-state index in [0.29, 0.717) is 13.2 Å². The van der Waals surface area contributed by atoms with E-state index in [-0.39, 0.29) is 5.41 Å². The van der Waals surface area contributed by atoms with Gasteiger partial charge < -0.3 is 20.5 Å². The third-order valence-corrected chi connectivity index (χ3v) is 2.40. The predicted octanol–water partition coefficient (Wildman–Crippen LogP) is -0.120. The van der Waals surface area contributed by atoms with Gasteiger partial charge in [-0.05, 0) is 13.0 Å². The van der Waals surface area contributed by atoms with E-state index < -0.39 is 6.09 Å². The van der Waals surface area contributed by atoms with Crippen LogP contribution in [0.2, 0.25) is 0 Å². The van der Waals surface area contributed by atoms with Crippen molar-refractivity contribution < 1.29 is 14.6 Å². The normalized spacial score (nSPS) is 27.5. The minimum Gasteiger partial charge on any atom is -0.465 e. The number of amides is 1. The zero-order valence-corrected chi connectivity index (χ0v) is 7.80. The molecule has 0 aromatic rings. The van der Waals surface area contributed by atoms with Gasteiger partial charge in [-0.1, -0.05) is 0 Å². The van der Waals surface area contributed by atoms with E-state index in [1.165, 1.54) is 0 Å². The molecule has 0 spiro atoms. The fourth-order valence-electron chi connectivity index (χ4n) is 1.69. The number of carbonyl (C=O) groups is 1. The van der Waals surface area contributed by atoms with Gasteiger partial charge in [0.1, 0.15) is 0 Å². The summed E-state index contributed by atoms with van der Waals surface area (Å²) in [5.74, 6) is 0. The zero-order valence-electron chi connectivity index (χ0n) is 7.80. The molecule has 1 fully saturated rings. The maximum atomic E-state index is 10.3. The van der Waals surface area contributed by atoms with Crippen molar-refractivity contribution in [1.29, 1.82) is 0 Å². The van der Waals surface area contributed by atoms with Gasteiger partial charge in [0.2, 0.25) is 0 Å². The van der Waals surface area contributed by atoms with Gasteiger partial charge >= 0.3 is 6.09 Å². The molecule has 0 saturated carbocycles. The van der Waals surface area contributed by atoms with E-state index in [4.69, 9.17) is 9.84 Å². The number of hydrogen-bond acceptors (Lipinski definition) is 3. The Morgan fingerprint density at radius 3 is 3.00 bits per heavy atom. The first kappa shape index (κ1) is 10.3. The molecular formula is C8H16N2O3. The molecule has 1 aliphatic rings. The monoisotopic (exact) mass is 188 g/mol. The van der Waals surface area contributed by atoms with Crippen LogP contribution in [0.25, 0.3) is 0 Å². The highest BCUT2D eigenvalue weighted by atomic mass is 16.5. The first-order chi connectivity index (χ1) is 6.18. The molecule has 5 heteroatoms. The van der Waals surface area contributed by atoms with E-state index in [0.717, 1.165) is 19.5 Å². The van der Waals surface area contributed by atoms with E-state index in [9.17, 15) is 4.79 Å². The average molecular weight is 188 g/mol. The molecule has 1 amide bonds. The fraction of sp³-hybridized carbons (Fsp3) is 0.875. The lowest BCUT2D eigenvalue weighted by Crippen LogP contribution is -2.41. The molecule has 3 N–H and O–H groups in total. The maximum absolute atomic E-state index is 10.3. The van der Waals surface area contributed by atoms with Crippen LogP contribution in [-0.2, 0) is 4.74 Å². The third kappa shape index (κ3) is 2.86. The zero-order chi connectivity index (χ0) is 9.73. The molecular weight excluding hydrogens is 172 g/mol. The van der Waals surface area contributed by atoms with Crippen molar-refractivity contribution in [3.05, 3.63) is 0 Å². The summed E-state index contributed by atoms with van der Waals surface area (Å²) < 4.78 is 5.09. The summed E-state index contributed by atoms with van der Waals surface area (Å²) in [5.41, 5.74) is -0.0485. The predicted molar refractivity (Wildman–Crippen MR) is 47.8 cm³/mol. The van der Waals surface area contributed by atoms with E-state index in [1.54, 1.807) is 7.11 Å². The van der Waals surface area contributed by atoms with Crippen molar-refractivity contribution in [1.82, 2.24) is 10.6 Å². The summed E-state index contributed by atoms with van der Waals surface area (Å²) in [7, 11) is 1.64. The van der Waals surface area contributed by atoms with E-state index in [1.807, 2.05) is 0 Å². The van der Waals surface area contributed by atoms with Crippen LogP contribution in [0.15, 0.2) is 0 Å². The highest BCUT2D eigenvalue weighted by Crippen LogP contribution is 2.24. The lowest BCUT2D eigenvalue weighted by molar-refractivity contribution is 0.0907. The summed E-state index contributed by atoms with van der Waals surface area (Å²) in [6, 6.07) is 0. The molecule has 1 atom stereocenters. The first-order valence-electron chi connectivity index (χ1n) is 4.35. The van der Waals surface area contributed by atoms with Gasteiger partial charge in [0.15, 0.2) is 0 Å². The number of nitrogens with one attached hydrogen (secondary N) is 2. The number of ether oxygens (including phenoxy) is 1. The summed E-state index contributed by atoms with van der Waals surface area (Å²) >= 11 is 0. The Morgan fingerprint density at radius 2 is 2.54 bits per heavy atom. The van der Waals surface area contributed by atoms with Crippen LogP contribution in [-0.4, -0.2) is 44.6 Å². The van der Waals surface area contributed by atoms with Crippen molar-refractivity contribution in [3.63, 3.8) is 0 Å². The van der Waals surface area contributed by atoms with Crippen molar-refractivity contribution in [2.45, 2.75) is 6.42 Å². The molecule has 0 aromatic carbocycles. The fourth-order valence-corrected chi connectivity index (χ4v) is 1.69. The van der Waals surface area contributed by atoms with Crippen LogP contribution in [0.4, 0.5) is 4.79 Å². The molecule has 1 rings (SSSR count). The third-order valence-electron chi connectivity index (χ3n) is 2.40. The maximum Gasteiger partial charge on any atom is 0.404 e. The van der Waals surface area contributed by atoms with E-state index >= 15 is 0 Å². The molecule has 1 saturated heterocycles. The lowest BCUT2D eigenvalue weighted by atomic mass is 9.88. The Hall–Kier alpha value is -0.810. The highest BCUT2D eigenvalue weighted by Gasteiger charge is 2.34. The Morgan fingerprint density at radius 1 is 1.77 bits per heavy atom. The SMILES string of the molecule is COCC1(CNC(=O)O)CCNC1. The standard InChI is InChI=1S/C8H16N2O3/c1-13-6-8(2-3-9-4-8)5-10-7(11)12/h9-10H,2-6H2,1H3,(H,11,12). The second-order valence-corrected chi connectivity index (χ2v) is 3.52. The molecule has 5 nitrogen and oxygen atoms in total. The van der Waals surface area contributed by atoms with Crippen molar-refractivity contribution in [2.75, 3.05) is 33.4 Å². The largest absolute Gasteiger partial charge is 0.465 e. The number of hydrogen-bond donors (Lipinski definition) is 3. The van der Waals surface area contributed by atoms with Gasteiger partial charge in [-0.2, -0.15) is 0 Å². The van der Waals surface area contributed by atoms with Crippen LogP contribution in [0.1, 0.15) is 6.42 Å². The number of carboxylic acid groups (broad SMARTS) is 1. The van der Waals surface area contributed by atoms with Crippen molar-refractivity contribution in [2.24, 2.45) is 5.41 Å². The summed E-state index contributed by atoms with van der Waals surface area (Å²) in [6.45, 7) is 2.81. The Kier molecular flexibility index (Phi) is 3.50. The summed E-state index contributed by atoms with van der Waals surface area (Å²) in [5, 5.41) is 14.1. The van der Waals surface area contributed by atoms with Crippen LogP contribution in [0, 0.1) is 5.41 Å². The van der Waals surface area contributed by atoms with Gasteiger partial charge in [-0.25, -0.2) is 4.79 Å². The van der Waals surface area contributed by atoms with Crippen LogP contribution in [0.5, 0.6) is 0 Å². The molecule has 13 heavy (non-hydrogen) atoms. The molecule has 76 valence electrons. The van der Waals surface area contributed by atoms with Gasteiger partial charge in [0, 0.05) is 25.6 Å². The van der Waals surface area contributed by atoms with E-state index in [2.05, 4.69) is 10.6 Å². The average Bonchev–Trinajstić information content (AvgIpc) is 2.51. The molecule has 0 aromatic heterocycles. The van der Waals surface area contributed by atoms with Crippen molar-refractivity contribution in [3.8, 4) is 0 Å². The summed E-state index contributed by atoms with van der Waals surface area (Å²) in [4.78, 5) is 10.3. The van der Waals surface area contributed by atoms with Crippen LogP contribution >= 0.6 is 0 Å². The quantitative estimate of drug-likeness (QED) is 0.575. The second kappa shape index (κ2) is 4.43. The molecule has 1 unspecified atom stereocenters. The summed E-state index contributed by atoms with van der Waals surface area (Å²) in [6.07, 6.45) is -0.0106. The molecule has 1 aliphatic heterocycles. The molecule has 1 heterocycles. The first-order valence-corrected chi connectivity index (χ1v) is 4.35. The van der Waals surface area contributed by atoms with Crippen LogP contribution < -0.4 is 10.6 Å². The topological polar surface area (TPSA) is 70.6 Å². The molecule has 0 bridgehead atoms. The lowest BCUT2D eigenvalue weighted by Gasteiger charge is -2.26.